The standard InChI is InChI=1S/C9H19ClOSi/c1-7(11-12)8(10)5-6-9(2,3)4/h5-8H,1-4,12H3. The number of hydrogen-bond donors (Lipinski definition) is 0. The van der Waals surface area contributed by atoms with Gasteiger partial charge >= 0.3 is 0 Å². The lowest BCUT2D eigenvalue weighted by molar-refractivity contribution is 0.251. The largest absolute Gasteiger partial charge is 0.424 e. The van der Waals surface area contributed by atoms with E-state index in [0.29, 0.717) is 0 Å². The number of alkyl halides is 1. The second-order valence-electron chi connectivity index (χ2n) is 4.11. The molecule has 0 saturated heterocycles. The first kappa shape index (κ1) is 12.2. The minimum absolute atomic E-state index is 0.00160. The first-order valence-corrected chi connectivity index (χ1v) is 5.48. The smallest absolute Gasteiger partial charge is 0.146 e. The van der Waals surface area contributed by atoms with E-state index in [1.807, 2.05) is 13.0 Å². The highest BCUT2D eigenvalue weighted by Gasteiger charge is 2.11. The number of hydrogen-bond acceptors (Lipinski definition) is 1. The summed E-state index contributed by atoms with van der Waals surface area (Å²) in [6, 6.07) is 0. The van der Waals surface area contributed by atoms with Crippen LogP contribution in [0.25, 0.3) is 0 Å². The molecule has 0 fully saturated rings. The molecule has 2 unspecified atom stereocenters. The van der Waals surface area contributed by atoms with Crippen LogP contribution in [0.4, 0.5) is 0 Å². The summed E-state index contributed by atoms with van der Waals surface area (Å²) in [6.45, 7) is 8.45. The van der Waals surface area contributed by atoms with E-state index in [4.69, 9.17) is 16.0 Å². The SMILES string of the molecule is CC(O[SiH3])C(Cl)C=CC(C)(C)C. The van der Waals surface area contributed by atoms with Gasteiger partial charge in [-0.1, -0.05) is 32.9 Å². The van der Waals surface area contributed by atoms with Gasteiger partial charge in [0.25, 0.3) is 0 Å². The maximum Gasteiger partial charge on any atom is 0.146 e. The molecule has 0 aliphatic heterocycles. The Labute approximate surface area is 83.7 Å². The van der Waals surface area contributed by atoms with Gasteiger partial charge in [0.2, 0.25) is 0 Å². The molecule has 0 aromatic rings. The molecule has 12 heavy (non-hydrogen) atoms. The summed E-state index contributed by atoms with van der Waals surface area (Å²) >= 11 is 6.05. The van der Waals surface area contributed by atoms with Gasteiger partial charge in [-0.3, -0.25) is 0 Å². The minimum Gasteiger partial charge on any atom is -0.424 e. The Bertz CT molecular complexity index is 151. The summed E-state index contributed by atoms with van der Waals surface area (Å²) in [4.78, 5) is 0. The topological polar surface area (TPSA) is 9.23 Å². The van der Waals surface area contributed by atoms with Gasteiger partial charge in [-0.15, -0.1) is 11.6 Å². The van der Waals surface area contributed by atoms with Crippen LogP contribution in [0.5, 0.6) is 0 Å². The van der Waals surface area contributed by atoms with Crippen molar-refractivity contribution in [1.29, 1.82) is 0 Å². The highest BCUT2D eigenvalue weighted by molar-refractivity contribution is 6.22. The molecule has 0 saturated carbocycles. The predicted octanol–water partition coefficient (Wildman–Crippen LogP) is 1.88. The first-order chi connectivity index (χ1) is 5.37. The van der Waals surface area contributed by atoms with Crippen LogP contribution < -0.4 is 0 Å². The maximum absolute atomic E-state index is 6.05. The third-order valence-electron chi connectivity index (χ3n) is 1.60. The van der Waals surface area contributed by atoms with Gasteiger partial charge in [-0.05, 0) is 12.3 Å². The normalized spacial score (nSPS) is 18.4. The van der Waals surface area contributed by atoms with Crippen molar-refractivity contribution in [3.8, 4) is 0 Å². The second-order valence-corrected chi connectivity index (χ2v) is 5.09. The van der Waals surface area contributed by atoms with Gasteiger partial charge in [0.15, 0.2) is 0 Å². The third kappa shape index (κ3) is 5.81. The monoisotopic (exact) mass is 206 g/mol. The Hall–Kier alpha value is 0.207. The van der Waals surface area contributed by atoms with E-state index < -0.39 is 0 Å². The van der Waals surface area contributed by atoms with Gasteiger partial charge in [-0.2, -0.15) is 0 Å². The lowest BCUT2D eigenvalue weighted by atomic mass is 9.96. The molecule has 0 rings (SSSR count). The van der Waals surface area contributed by atoms with E-state index in [1.165, 1.54) is 0 Å². The Kier molecular flexibility index (Phi) is 5.14. The van der Waals surface area contributed by atoms with E-state index in [0.717, 1.165) is 10.5 Å². The van der Waals surface area contributed by atoms with Crippen LogP contribution >= 0.6 is 11.6 Å². The molecule has 0 N–H and O–H groups in total. The Morgan fingerprint density at radius 2 is 1.92 bits per heavy atom. The molecule has 0 amide bonds. The number of allylic oxidation sites excluding steroid dienone is 1. The van der Waals surface area contributed by atoms with E-state index >= 15 is 0 Å². The van der Waals surface area contributed by atoms with Crippen molar-refractivity contribution >= 4 is 22.1 Å². The van der Waals surface area contributed by atoms with E-state index in [-0.39, 0.29) is 16.9 Å². The van der Waals surface area contributed by atoms with Crippen LogP contribution in [0.1, 0.15) is 27.7 Å². The molecule has 2 atom stereocenters. The van der Waals surface area contributed by atoms with Crippen molar-refractivity contribution in [3.63, 3.8) is 0 Å². The molecule has 0 aliphatic rings. The molecular formula is C9H19ClOSi. The van der Waals surface area contributed by atoms with Gasteiger partial charge in [-0.25, -0.2) is 0 Å². The van der Waals surface area contributed by atoms with Crippen molar-refractivity contribution < 1.29 is 4.43 Å². The predicted molar refractivity (Wildman–Crippen MR) is 58.7 cm³/mol. The van der Waals surface area contributed by atoms with Crippen LogP contribution in [0.15, 0.2) is 12.2 Å². The highest BCUT2D eigenvalue weighted by Crippen LogP contribution is 2.17. The Morgan fingerprint density at radius 1 is 1.42 bits per heavy atom. The second kappa shape index (κ2) is 5.05. The fourth-order valence-corrected chi connectivity index (χ4v) is 1.31. The Balaban J connectivity index is 3.99. The van der Waals surface area contributed by atoms with Crippen LogP contribution in [0, 0.1) is 5.41 Å². The van der Waals surface area contributed by atoms with Gasteiger partial charge < -0.3 is 4.43 Å². The zero-order valence-corrected chi connectivity index (χ0v) is 11.4. The fourth-order valence-electron chi connectivity index (χ4n) is 0.667. The molecule has 72 valence electrons. The zero-order chi connectivity index (χ0) is 9.78. The van der Waals surface area contributed by atoms with Gasteiger partial charge in [0.05, 0.1) is 11.5 Å². The van der Waals surface area contributed by atoms with E-state index in [2.05, 4.69) is 26.8 Å². The summed E-state index contributed by atoms with van der Waals surface area (Å²) in [5.41, 5.74) is 0.206. The van der Waals surface area contributed by atoms with Crippen molar-refractivity contribution in [2.75, 3.05) is 0 Å². The summed E-state index contributed by atoms with van der Waals surface area (Å²) in [6.07, 6.45) is 4.28. The molecular weight excluding hydrogens is 188 g/mol. The van der Waals surface area contributed by atoms with Crippen LogP contribution in [0.2, 0.25) is 0 Å². The molecule has 0 heterocycles. The van der Waals surface area contributed by atoms with Crippen molar-refractivity contribution in [2.45, 2.75) is 39.2 Å². The molecule has 1 nitrogen and oxygen atoms in total. The fraction of sp³-hybridized carbons (Fsp3) is 0.778. The number of rotatable bonds is 3. The molecule has 0 bridgehead atoms. The van der Waals surface area contributed by atoms with E-state index in [1.54, 1.807) is 0 Å². The Morgan fingerprint density at radius 3 is 2.25 bits per heavy atom. The quantitative estimate of drug-likeness (QED) is 0.389. The van der Waals surface area contributed by atoms with Crippen molar-refractivity contribution in [2.24, 2.45) is 5.41 Å². The van der Waals surface area contributed by atoms with Crippen molar-refractivity contribution in [3.05, 3.63) is 12.2 Å². The summed E-state index contributed by atoms with van der Waals surface area (Å²) in [5, 5.41) is 0.00160. The summed E-state index contributed by atoms with van der Waals surface area (Å²) in [5.74, 6) is 0. The lowest BCUT2D eigenvalue weighted by Gasteiger charge is -2.16. The maximum atomic E-state index is 6.05. The molecule has 0 aromatic carbocycles. The van der Waals surface area contributed by atoms with Gasteiger partial charge in [0.1, 0.15) is 10.5 Å². The van der Waals surface area contributed by atoms with Crippen LogP contribution in [-0.4, -0.2) is 22.0 Å². The number of halogens is 1. The molecule has 0 aliphatic carbocycles. The molecule has 0 radical (unpaired) electrons. The van der Waals surface area contributed by atoms with Crippen molar-refractivity contribution in [1.82, 2.24) is 0 Å². The molecule has 0 aromatic heterocycles. The minimum atomic E-state index is 0.00160. The van der Waals surface area contributed by atoms with Gasteiger partial charge in [0, 0.05) is 0 Å². The van der Waals surface area contributed by atoms with Crippen LogP contribution in [0.3, 0.4) is 0 Å². The van der Waals surface area contributed by atoms with E-state index in [9.17, 15) is 0 Å². The highest BCUT2D eigenvalue weighted by atomic mass is 35.5. The third-order valence-corrected chi connectivity index (χ3v) is 2.84. The molecule has 3 heteroatoms. The average Bonchev–Trinajstić information content (AvgIpc) is 1.97. The summed E-state index contributed by atoms with van der Waals surface area (Å²) < 4.78 is 5.23. The first-order valence-electron chi connectivity index (χ1n) is 4.23. The average molecular weight is 207 g/mol. The summed E-state index contributed by atoms with van der Waals surface area (Å²) in [7, 11) is 0.749. The van der Waals surface area contributed by atoms with Crippen LogP contribution in [-0.2, 0) is 4.43 Å². The zero-order valence-electron chi connectivity index (χ0n) is 8.60. The molecule has 0 spiro atoms. The lowest BCUT2D eigenvalue weighted by Crippen LogP contribution is -2.18.